The molecule has 0 bridgehead atoms. The van der Waals surface area contributed by atoms with Crippen LogP contribution in [0.3, 0.4) is 0 Å². The first-order chi connectivity index (χ1) is 4.93. The molecule has 0 aromatic rings. The van der Waals surface area contributed by atoms with Gasteiger partial charge < -0.3 is 0 Å². The number of hydrogen-bond donors (Lipinski definition) is 0. The van der Waals surface area contributed by atoms with E-state index in [1.807, 2.05) is 0 Å². The highest BCUT2D eigenvalue weighted by molar-refractivity contribution is 7.95. The van der Waals surface area contributed by atoms with E-state index in [0.717, 1.165) is 11.3 Å². The lowest BCUT2D eigenvalue weighted by molar-refractivity contribution is 0.777. The van der Waals surface area contributed by atoms with E-state index in [2.05, 4.69) is 33.5 Å². The Hall–Kier alpha value is 0.647. The zero-order valence-electron chi connectivity index (χ0n) is 8.52. The fourth-order valence-corrected chi connectivity index (χ4v) is 15.6. The lowest BCUT2D eigenvalue weighted by Gasteiger charge is -2.33. The van der Waals surface area contributed by atoms with Gasteiger partial charge in [0.25, 0.3) is 0 Å². The molecule has 1 heterocycles. The molecule has 11 heavy (non-hydrogen) atoms. The second-order valence-corrected chi connectivity index (χ2v) is 17.3. The fourth-order valence-electron chi connectivity index (χ4n) is 2.52. The normalized spacial score (nSPS) is 34.6. The Morgan fingerprint density at radius 2 is 1.36 bits per heavy atom. The predicted octanol–water partition coefficient (Wildman–Crippen LogP) is 3.87. The lowest BCUT2D eigenvalue weighted by atomic mass is 10.2. The largest absolute Gasteiger partial charge is 0.113 e. The Bertz CT molecular complexity index is 129. The highest BCUT2D eigenvalue weighted by Gasteiger charge is 2.38. The van der Waals surface area contributed by atoms with Crippen LogP contribution in [0.4, 0.5) is 0 Å². The van der Waals surface area contributed by atoms with Gasteiger partial charge in [-0.05, 0) is 24.2 Å². The van der Waals surface area contributed by atoms with Crippen LogP contribution >= 0.6 is 7.47 Å². The van der Waals surface area contributed by atoms with Crippen molar-refractivity contribution in [2.24, 2.45) is 0 Å². The summed E-state index contributed by atoms with van der Waals surface area (Å²) in [5.41, 5.74) is 2.15. The van der Waals surface area contributed by atoms with Gasteiger partial charge in [-0.15, -0.1) is 7.47 Å². The van der Waals surface area contributed by atoms with Gasteiger partial charge in [-0.2, -0.15) is 0 Å². The summed E-state index contributed by atoms with van der Waals surface area (Å²) in [5, 5.41) is 0. The van der Waals surface area contributed by atoms with Crippen LogP contribution in [-0.4, -0.2) is 19.1 Å². The van der Waals surface area contributed by atoms with Gasteiger partial charge in [0.2, 0.25) is 0 Å². The van der Waals surface area contributed by atoms with Crippen molar-refractivity contribution in [1.82, 2.24) is 0 Å². The topological polar surface area (TPSA) is 0 Å². The maximum Gasteiger partial charge on any atom is 0.0726 e. The lowest BCUT2D eigenvalue weighted by Crippen LogP contribution is -2.24. The summed E-state index contributed by atoms with van der Waals surface area (Å²) in [5.74, 6) is 0. The van der Waals surface area contributed by atoms with Gasteiger partial charge in [-0.3, -0.25) is 0 Å². The third-order valence-corrected chi connectivity index (χ3v) is 14.0. The van der Waals surface area contributed by atoms with E-state index >= 15 is 0 Å². The highest BCUT2D eigenvalue weighted by Crippen LogP contribution is 2.61. The first kappa shape index (κ1) is 9.73. The van der Waals surface area contributed by atoms with Gasteiger partial charge >= 0.3 is 0 Å². The van der Waals surface area contributed by atoms with E-state index < -0.39 is 7.74 Å². The van der Waals surface area contributed by atoms with Crippen LogP contribution in [-0.2, 0) is 0 Å². The van der Waals surface area contributed by atoms with Crippen LogP contribution in [0.25, 0.3) is 0 Å². The minimum absolute atomic E-state index is 0.430. The summed E-state index contributed by atoms with van der Waals surface area (Å²) in [6, 6.07) is 0. The van der Waals surface area contributed by atoms with Crippen LogP contribution in [0.1, 0.15) is 26.7 Å². The molecule has 1 fully saturated rings. The molecule has 2 heteroatoms. The number of hydrogen-bond acceptors (Lipinski definition) is 0. The molecule has 66 valence electrons. The maximum atomic E-state index is 2.55. The van der Waals surface area contributed by atoms with Gasteiger partial charge in [0, 0.05) is 0 Å². The minimum Gasteiger partial charge on any atom is -0.113 e. The summed E-state index contributed by atoms with van der Waals surface area (Å²) in [7, 11) is -0.355. The zero-order valence-corrected chi connectivity index (χ0v) is 10.4. The third-order valence-electron chi connectivity index (χ3n) is 2.73. The SMILES string of the molecule is C[C@H]1CC[C@H](C)P1[Si](C)(C)C. The fraction of sp³-hybridized carbons (Fsp3) is 1.00. The van der Waals surface area contributed by atoms with Gasteiger partial charge in [0.05, 0.1) is 7.74 Å². The molecule has 0 unspecified atom stereocenters. The predicted molar refractivity (Wildman–Crippen MR) is 58.4 cm³/mol. The molecule has 0 radical (unpaired) electrons. The standard InChI is InChI=1S/C9H21PSi/c1-8-6-7-9(2)10(8)11(3,4)5/h8-9H,6-7H2,1-5H3/t8-,9-/m0/s1. The zero-order chi connectivity index (χ0) is 8.65. The first-order valence-corrected chi connectivity index (χ1v) is 10.5. The van der Waals surface area contributed by atoms with Crippen LogP contribution in [0.15, 0.2) is 0 Å². The Morgan fingerprint density at radius 1 is 1.00 bits per heavy atom. The smallest absolute Gasteiger partial charge is 0.0726 e. The monoisotopic (exact) mass is 188 g/mol. The summed E-state index contributed by atoms with van der Waals surface area (Å²) in [6.45, 7) is 12.6. The summed E-state index contributed by atoms with van der Waals surface area (Å²) in [4.78, 5) is 0. The van der Waals surface area contributed by atoms with E-state index in [0.29, 0.717) is 7.47 Å². The van der Waals surface area contributed by atoms with Crippen molar-refractivity contribution in [2.45, 2.75) is 57.6 Å². The molecule has 0 amide bonds. The molecule has 0 aliphatic carbocycles. The molecule has 2 atom stereocenters. The second kappa shape index (κ2) is 3.18. The van der Waals surface area contributed by atoms with E-state index in [1.165, 1.54) is 12.8 Å². The Kier molecular flexibility index (Phi) is 2.82. The maximum absolute atomic E-state index is 2.55. The summed E-state index contributed by atoms with van der Waals surface area (Å²) < 4.78 is 0. The van der Waals surface area contributed by atoms with Gasteiger partial charge in [0.1, 0.15) is 0 Å². The van der Waals surface area contributed by atoms with Gasteiger partial charge in [0.15, 0.2) is 0 Å². The molecular weight excluding hydrogens is 167 g/mol. The molecule has 0 spiro atoms. The van der Waals surface area contributed by atoms with Crippen LogP contribution < -0.4 is 0 Å². The molecule has 1 aliphatic heterocycles. The molecular formula is C9H21PSi. The Balaban J connectivity index is 2.69. The Morgan fingerprint density at radius 3 is 1.55 bits per heavy atom. The van der Waals surface area contributed by atoms with Crippen LogP contribution in [0.5, 0.6) is 0 Å². The summed E-state index contributed by atoms with van der Waals surface area (Å²) in [6.07, 6.45) is 3.02. The van der Waals surface area contributed by atoms with E-state index in [-0.39, 0.29) is 0 Å². The summed E-state index contributed by atoms with van der Waals surface area (Å²) >= 11 is 0. The van der Waals surface area contributed by atoms with Crippen molar-refractivity contribution >= 4 is 15.2 Å². The van der Waals surface area contributed by atoms with Gasteiger partial charge in [-0.25, -0.2) is 0 Å². The quantitative estimate of drug-likeness (QED) is 0.433. The molecule has 1 aliphatic rings. The first-order valence-electron chi connectivity index (χ1n) is 4.71. The van der Waals surface area contributed by atoms with Crippen molar-refractivity contribution in [1.29, 1.82) is 0 Å². The highest BCUT2D eigenvalue weighted by atomic mass is 31.4. The van der Waals surface area contributed by atoms with Crippen LogP contribution in [0, 0.1) is 0 Å². The molecule has 0 N–H and O–H groups in total. The van der Waals surface area contributed by atoms with Crippen molar-refractivity contribution < 1.29 is 0 Å². The number of rotatable bonds is 1. The minimum atomic E-state index is -0.785. The average Bonchev–Trinajstić information content (AvgIpc) is 2.08. The Labute approximate surface area is 73.4 Å². The van der Waals surface area contributed by atoms with Crippen molar-refractivity contribution in [3.8, 4) is 0 Å². The van der Waals surface area contributed by atoms with Crippen molar-refractivity contribution in [3.05, 3.63) is 0 Å². The second-order valence-electron chi connectivity index (χ2n) is 4.85. The molecule has 1 rings (SSSR count). The molecule has 0 aromatic heterocycles. The molecule has 1 saturated heterocycles. The molecule has 0 aromatic carbocycles. The van der Waals surface area contributed by atoms with E-state index in [9.17, 15) is 0 Å². The van der Waals surface area contributed by atoms with Crippen molar-refractivity contribution in [3.63, 3.8) is 0 Å². The average molecular weight is 188 g/mol. The van der Waals surface area contributed by atoms with Crippen molar-refractivity contribution in [2.75, 3.05) is 0 Å². The van der Waals surface area contributed by atoms with E-state index in [4.69, 9.17) is 0 Å². The third kappa shape index (κ3) is 2.06. The van der Waals surface area contributed by atoms with Gasteiger partial charge in [-0.1, -0.05) is 33.5 Å². The van der Waals surface area contributed by atoms with E-state index in [1.54, 1.807) is 0 Å². The van der Waals surface area contributed by atoms with Crippen LogP contribution in [0.2, 0.25) is 19.6 Å². The molecule has 0 nitrogen and oxygen atoms in total. The molecule has 0 saturated carbocycles.